The van der Waals surface area contributed by atoms with Gasteiger partial charge in [0.2, 0.25) is 0 Å². The first-order valence-corrected chi connectivity index (χ1v) is 5.99. The Kier molecular flexibility index (Phi) is 5.29. The second-order valence-electron chi connectivity index (χ2n) is 4.02. The topological polar surface area (TPSA) is 15.3 Å². The fourth-order valence-corrected chi connectivity index (χ4v) is 2.04. The molecule has 84 valence electrons. The zero-order chi connectivity index (χ0) is 11.3. The quantitative estimate of drug-likeness (QED) is 0.883. The van der Waals surface area contributed by atoms with Crippen LogP contribution in [0.25, 0.3) is 0 Å². The molecule has 2 nitrogen and oxygen atoms in total. The van der Waals surface area contributed by atoms with E-state index in [1.165, 1.54) is 15.6 Å². The van der Waals surface area contributed by atoms with E-state index in [0.717, 1.165) is 19.5 Å². The lowest BCUT2D eigenvalue weighted by Gasteiger charge is -2.12. The SMILES string of the molecule is CNCCc1ccc(CN(C)C)c(Br)c1. The van der Waals surface area contributed by atoms with E-state index in [1.54, 1.807) is 0 Å². The van der Waals surface area contributed by atoms with Crippen LogP contribution in [0.5, 0.6) is 0 Å². The van der Waals surface area contributed by atoms with Crippen molar-refractivity contribution >= 4 is 15.9 Å². The average molecular weight is 271 g/mol. The highest BCUT2D eigenvalue weighted by molar-refractivity contribution is 9.10. The maximum absolute atomic E-state index is 3.62. The minimum absolute atomic E-state index is 0.979. The van der Waals surface area contributed by atoms with E-state index in [4.69, 9.17) is 0 Å². The minimum Gasteiger partial charge on any atom is -0.319 e. The van der Waals surface area contributed by atoms with Gasteiger partial charge in [0.1, 0.15) is 0 Å². The first-order chi connectivity index (χ1) is 7.13. The molecule has 0 aliphatic rings. The van der Waals surface area contributed by atoms with Gasteiger partial charge in [-0.1, -0.05) is 28.1 Å². The lowest BCUT2D eigenvalue weighted by atomic mass is 10.1. The lowest BCUT2D eigenvalue weighted by molar-refractivity contribution is 0.401. The fraction of sp³-hybridized carbons (Fsp3) is 0.500. The summed E-state index contributed by atoms with van der Waals surface area (Å²) in [7, 11) is 6.15. The zero-order valence-electron chi connectivity index (χ0n) is 9.68. The smallest absolute Gasteiger partial charge is 0.0238 e. The Morgan fingerprint density at radius 3 is 2.60 bits per heavy atom. The average Bonchev–Trinajstić information content (AvgIpc) is 2.18. The summed E-state index contributed by atoms with van der Waals surface area (Å²) in [4.78, 5) is 2.17. The number of rotatable bonds is 5. The van der Waals surface area contributed by atoms with E-state index in [1.807, 2.05) is 7.05 Å². The van der Waals surface area contributed by atoms with Gasteiger partial charge in [0.05, 0.1) is 0 Å². The third-order valence-corrected chi connectivity index (χ3v) is 3.01. The van der Waals surface area contributed by atoms with Gasteiger partial charge in [-0.2, -0.15) is 0 Å². The normalized spacial score (nSPS) is 11.0. The zero-order valence-corrected chi connectivity index (χ0v) is 11.3. The van der Waals surface area contributed by atoms with Crippen LogP contribution in [0.2, 0.25) is 0 Å². The Hall–Kier alpha value is -0.380. The molecule has 15 heavy (non-hydrogen) atoms. The van der Waals surface area contributed by atoms with E-state index in [9.17, 15) is 0 Å². The largest absolute Gasteiger partial charge is 0.319 e. The standard InChI is InChI=1S/C12H19BrN2/c1-14-7-6-10-4-5-11(9-15(2)3)12(13)8-10/h4-5,8,14H,6-7,9H2,1-3H3. The molecule has 0 heterocycles. The van der Waals surface area contributed by atoms with Gasteiger partial charge in [-0.3, -0.25) is 0 Å². The van der Waals surface area contributed by atoms with Crippen LogP contribution in [-0.2, 0) is 13.0 Å². The maximum Gasteiger partial charge on any atom is 0.0238 e. The molecule has 3 heteroatoms. The number of nitrogens with zero attached hydrogens (tertiary/aromatic N) is 1. The monoisotopic (exact) mass is 270 g/mol. The van der Waals surface area contributed by atoms with Gasteiger partial charge in [0.25, 0.3) is 0 Å². The van der Waals surface area contributed by atoms with Crippen LogP contribution in [-0.4, -0.2) is 32.6 Å². The molecule has 0 aromatic heterocycles. The molecule has 0 radical (unpaired) electrons. The highest BCUT2D eigenvalue weighted by Crippen LogP contribution is 2.19. The summed E-state index contributed by atoms with van der Waals surface area (Å²) in [5.74, 6) is 0. The molecule has 0 bridgehead atoms. The lowest BCUT2D eigenvalue weighted by Crippen LogP contribution is -2.12. The number of hydrogen-bond acceptors (Lipinski definition) is 2. The first-order valence-electron chi connectivity index (χ1n) is 5.20. The molecular weight excluding hydrogens is 252 g/mol. The highest BCUT2D eigenvalue weighted by atomic mass is 79.9. The Balaban J connectivity index is 2.70. The van der Waals surface area contributed by atoms with Crippen molar-refractivity contribution in [1.82, 2.24) is 10.2 Å². The third-order valence-electron chi connectivity index (χ3n) is 2.27. The molecule has 0 unspecified atom stereocenters. The molecule has 0 aliphatic heterocycles. The molecule has 0 spiro atoms. The van der Waals surface area contributed by atoms with Gasteiger partial charge in [0, 0.05) is 11.0 Å². The molecule has 1 aromatic rings. The summed E-state index contributed by atoms with van der Waals surface area (Å²) in [5, 5.41) is 3.16. The highest BCUT2D eigenvalue weighted by Gasteiger charge is 2.02. The van der Waals surface area contributed by atoms with E-state index >= 15 is 0 Å². The number of halogens is 1. The van der Waals surface area contributed by atoms with E-state index in [2.05, 4.69) is 58.4 Å². The molecular formula is C12H19BrN2. The predicted octanol–water partition coefficient (Wildman–Crippen LogP) is 2.27. The summed E-state index contributed by atoms with van der Waals surface area (Å²) in [6.07, 6.45) is 1.08. The van der Waals surface area contributed by atoms with Crippen LogP contribution >= 0.6 is 15.9 Å². The number of nitrogens with one attached hydrogen (secondary N) is 1. The Morgan fingerprint density at radius 1 is 1.33 bits per heavy atom. The van der Waals surface area contributed by atoms with Crippen LogP contribution < -0.4 is 5.32 Å². The Morgan fingerprint density at radius 2 is 2.07 bits per heavy atom. The summed E-state index contributed by atoms with van der Waals surface area (Å²) < 4.78 is 1.21. The molecule has 0 saturated carbocycles. The molecule has 0 saturated heterocycles. The maximum atomic E-state index is 3.62. The van der Waals surface area contributed by atoms with Crippen molar-refractivity contribution < 1.29 is 0 Å². The molecule has 0 aliphatic carbocycles. The van der Waals surface area contributed by atoms with Crippen molar-refractivity contribution in [2.24, 2.45) is 0 Å². The van der Waals surface area contributed by atoms with Crippen LogP contribution in [0.15, 0.2) is 22.7 Å². The predicted molar refractivity (Wildman–Crippen MR) is 69.2 cm³/mol. The van der Waals surface area contributed by atoms with Crippen LogP contribution in [0.3, 0.4) is 0 Å². The van der Waals surface area contributed by atoms with E-state index in [0.29, 0.717) is 0 Å². The van der Waals surface area contributed by atoms with Crippen LogP contribution in [0.1, 0.15) is 11.1 Å². The van der Waals surface area contributed by atoms with Gasteiger partial charge >= 0.3 is 0 Å². The van der Waals surface area contributed by atoms with Gasteiger partial charge in [0.15, 0.2) is 0 Å². The van der Waals surface area contributed by atoms with E-state index in [-0.39, 0.29) is 0 Å². The van der Waals surface area contributed by atoms with E-state index < -0.39 is 0 Å². The van der Waals surface area contributed by atoms with Gasteiger partial charge < -0.3 is 10.2 Å². The number of hydrogen-bond donors (Lipinski definition) is 1. The van der Waals surface area contributed by atoms with Crippen molar-refractivity contribution in [3.05, 3.63) is 33.8 Å². The van der Waals surface area contributed by atoms with Crippen LogP contribution in [0, 0.1) is 0 Å². The first kappa shape index (κ1) is 12.7. The molecule has 0 amide bonds. The second-order valence-corrected chi connectivity index (χ2v) is 4.87. The number of benzene rings is 1. The fourth-order valence-electron chi connectivity index (χ4n) is 1.48. The summed E-state index contributed by atoms with van der Waals surface area (Å²) in [6.45, 7) is 2.01. The van der Waals surface area contributed by atoms with Crippen molar-refractivity contribution in [2.75, 3.05) is 27.7 Å². The minimum atomic E-state index is 0.979. The third kappa shape index (κ3) is 4.33. The Bertz CT molecular complexity index is 310. The summed E-state index contributed by atoms with van der Waals surface area (Å²) >= 11 is 3.62. The van der Waals surface area contributed by atoms with Crippen molar-refractivity contribution in [2.45, 2.75) is 13.0 Å². The molecule has 1 rings (SSSR count). The van der Waals surface area contributed by atoms with Crippen molar-refractivity contribution in [3.8, 4) is 0 Å². The second kappa shape index (κ2) is 6.26. The van der Waals surface area contributed by atoms with Gasteiger partial charge in [-0.25, -0.2) is 0 Å². The molecule has 0 fully saturated rings. The molecule has 1 aromatic carbocycles. The molecule has 0 atom stereocenters. The Labute approximate surface area is 101 Å². The van der Waals surface area contributed by atoms with Crippen LogP contribution in [0.4, 0.5) is 0 Å². The number of likely N-dealkylation sites (N-methyl/N-ethyl adjacent to an activating group) is 1. The van der Waals surface area contributed by atoms with Gasteiger partial charge in [-0.05, 0) is 51.3 Å². The van der Waals surface area contributed by atoms with Crippen molar-refractivity contribution in [1.29, 1.82) is 0 Å². The molecule has 1 N–H and O–H groups in total. The summed E-state index contributed by atoms with van der Waals surface area (Å²) in [5.41, 5.74) is 2.71. The summed E-state index contributed by atoms with van der Waals surface area (Å²) in [6, 6.07) is 6.63. The van der Waals surface area contributed by atoms with Gasteiger partial charge in [-0.15, -0.1) is 0 Å². The van der Waals surface area contributed by atoms with Crippen molar-refractivity contribution in [3.63, 3.8) is 0 Å².